The van der Waals surface area contributed by atoms with Gasteiger partial charge in [-0.25, -0.2) is 0 Å². The monoisotopic (exact) mass is 262 g/mol. The lowest BCUT2D eigenvalue weighted by atomic mass is 10.2. The van der Waals surface area contributed by atoms with Crippen molar-refractivity contribution in [1.82, 2.24) is 10.1 Å². The zero-order valence-electron chi connectivity index (χ0n) is 10.7. The largest absolute Gasteiger partial charge is 0.337 e. The first-order valence-corrected chi connectivity index (χ1v) is 5.89. The van der Waals surface area contributed by atoms with Gasteiger partial charge in [-0.2, -0.15) is 4.98 Å². The third kappa shape index (κ3) is 3.06. The molecule has 0 spiro atoms. The molecule has 0 saturated heterocycles. The Labute approximate surface area is 109 Å². The Morgan fingerprint density at radius 2 is 2.16 bits per heavy atom. The fourth-order valence-electron chi connectivity index (χ4n) is 1.52. The first-order valence-electron chi connectivity index (χ1n) is 5.89. The highest BCUT2D eigenvalue weighted by Gasteiger charge is 2.19. The summed E-state index contributed by atoms with van der Waals surface area (Å²) in [6.45, 7) is 4.79. The molecule has 0 bridgehead atoms. The molecular formula is C12H14N4O3. The van der Waals surface area contributed by atoms with E-state index in [1.807, 2.05) is 13.8 Å². The molecule has 1 aromatic carbocycles. The van der Waals surface area contributed by atoms with E-state index in [1.54, 1.807) is 18.2 Å². The number of nitro benzene ring substituents is 1. The lowest BCUT2D eigenvalue weighted by Gasteiger charge is -2.02. The number of rotatable bonds is 5. The molecule has 0 saturated carbocycles. The second kappa shape index (κ2) is 5.47. The number of nitro groups is 1. The fourth-order valence-corrected chi connectivity index (χ4v) is 1.52. The molecule has 0 amide bonds. The minimum Gasteiger partial charge on any atom is -0.337 e. The average Bonchev–Trinajstić information content (AvgIpc) is 2.85. The van der Waals surface area contributed by atoms with Crippen molar-refractivity contribution in [2.45, 2.75) is 13.8 Å². The van der Waals surface area contributed by atoms with Crippen molar-refractivity contribution in [3.63, 3.8) is 0 Å². The van der Waals surface area contributed by atoms with Crippen molar-refractivity contribution >= 4 is 11.7 Å². The first-order chi connectivity index (χ1) is 9.08. The molecule has 1 heterocycles. The molecule has 1 N–H and O–H groups in total. The molecule has 7 nitrogen and oxygen atoms in total. The van der Waals surface area contributed by atoms with E-state index in [4.69, 9.17) is 4.52 Å². The zero-order chi connectivity index (χ0) is 13.8. The van der Waals surface area contributed by atoms with E-state index in [0.29, 0.717) is 18.0 Å². The van der Waals surface area contributed by atoms with E-state index in [0.717, 1.165) is 0 Å². The summed E-state index contributed by atoms with van der Waals surface area (Å²) < 4.78 is 5.01. The average molecular weight is 262 g/mol. The van der Waals surface area contributed by atoms with Crippen LogP contribution in [-0.2, 0) is 0 Å². The van der Waals surface area contributed by atoms with Gasteiger partial charge in [0, 0.05) is 12.6 Å². The molecule has 2 rings (SSSR count). The Kier molecular flexibility index (Phi) is 3.74. The minimum absolute atomic E-state index is 0.0429. The molecular weight excluding hydrogens is 248 g/mol. The van der Waals surface area contributed by atoms with Crippen LogP contribution in [0, 0.1) is 16.0 Å². The van der Waals surface area contributed by atoms with Crippen LogP contribution in [0.4, 0.5) is 11.7 Å². The van der Waals surface area contributed by atoms with Crippen LogP contribution in [0.25, 0.3) is 11.4 Å². The molecule has 0 aliphatic rings. The molecule has 0 aliphatic heterocycles. The SMILES string of the molecule is CC(C)CNc1nc(-c2ccccc2[N+](=O)[O-])no1. The van der Waals surface area contributed by atoms with Crippen molar-refractivity contribution in [1.29, 1.82) is 0 Å². The number of aromatic nitrogens is 2. The summed E-state index contributed by atoms with van der Waals surface area (Å²) >= 11 is 0. The van der Waals surface area contributed by atoms with Gasteiger partial charge in [-0.15, -0.1) is 0 Å². The summed E-state index contributed by atoms with van der Waals surface area (Å²) in [4.78, 5) is 14.6. The maximum Gasteiger partial charge on any atom is 0.321 e. The van der Waals surface area contributed by atoms with Crippen molar-refractivity contribution in [3.8, 4) is 11.4 Å². The Bertz CT molecular complexity index is 580. The number of anilines is 1. The highest BCUT2D eigenvalue weighted by molar-refractivity contribution is 5.67. The molecule has 1 aromatic heterocycles. The molecule has 7 heteroatoms. The van der Waals surface area contributed by atoms with Crippen LogP contribution in [0.1, 0.15) is 13.8 Å². The number of nitrogens with zero attached hydrogens (tertiary/aromatic N) is 3. The van der Waals surface area contributed by atoms with Crippen LogP contribution in [0.15, 0.2) is 28.8 Å². The van der Waals surface area contributed by atoms with Gasteiger partial charge in [-0.05, 0) is 12.0 Å². The molecule has 0 radical (unpaired) electrons. The lowest BCUT2D eigenvalue weighted by Crippen LogP contribution is -2.07. The highest BCUT2D eigenvalue weighted by Crippen LogP contribution is 2.27. The summed E-state index contributed by atoms with van der Waals surface area (Å²) in [7, 11) is 0. The molecule has 0 atom stereocenters. The second-order valence-corrected chi connectivity index (χ2v) is 4.47. The fraction of sp³-hybridized carbons (Fsp3) is 0.333. The standard InChI is InChI=1S/C12H14N4O3/c1-8(2)7-13-12-14-11(15-19-12)9-5-3-4-6-10(9)16(17)18/h3-6,8H,7H2,1-2H3,(H,13,14,15). The van der Waals surface area contributed by atoms with Crippen LogP contribution < -0.4 is 5.32 Å². The maximum absolute atomic E-state index is 10.9. The topological polar surface area (TPSA) is 94.1 Å². The van der Waals surface area contributed by atoms with E-state index in [9.17, 15) is 10.1 Å². The van der Waals surface area contributed by atoms with Gasteiger partial charge in [-0.3, -0.25) is 10.1 Å². The van der Waals surface area contributed by atoms with Gasteiger partial charge in [-0.1, -0.05) is 31.1 Å². The van der Waals surface area contributed by atoms with Gasteiger partial charge in [0.15, 0.2) is 0 Å². The highest BCUT2D eigenvalue weighted by atomic mass is 16.6. The van der Waals surface area contributed by atoms with Crippen molar-refractivity contribution in [2.75, 3.05) is 11.9 Å². The van der Waals surface area contributed by atoms with Gasteiger partial charge in [0.2, 0.25) is 5.82 Å². The Morgan fingerprint density at radius 3 is 2.84 bits per heavy atom. The zero-order valence-corrected chi connectivity index (χ0v) is 10.7. The number of hydrogen-bond donors (Lipinski definition) is 1. The molecule has 2 aromatic rings. The molecule has 19 heavy (non-hydrogen) atoms. The van der Waals surface area contributed by atoms with Crippen molar-refractivity contribution < 1.29 is 9.45 Å². The Morgan fingerprint density at radius 1 is 1.42 bits per heavy atom. The first kappa shape index (κ1) is 13.0. The quantitative estimate of drug-likeness (QED) is 0.657. The number of hydrogen-bond acceptors (Lipinski definition) is 6. The summed E-state index contributed by atoms with van der Waals surface area (Å²) in [6, 6.07) is 6.56. The van der Waals surface area contributed by atoms with E-state index in [1.165, 1.54) is 6.07 Å². The lowest BCUT2D eigenvalue weighted by molar-refractivity contribution is -0.384. The summed E-state index contributed by atoms with van der Waals surface area (Å²) in [5.41, 5.74) is 0.299. The number of para-hydroxylation sites is 1. The van der Waals surface area contributed by atoms with Gasteiger partial charge in [0.25, 0.3) is 5.69 Å². The summed E-state index contributed by atoms with van der Waals surface area (Å²) in [5, 5.41) is 17.6. The third-order valence-corrected chi connectivity index (χ3v) is 2.43. The predicted molar refractivity (Wildman–Crippen MR) is 69.7 cm³/mol. The van der Waals surface area contributed by atoms with E-state index >= 15 is 0 Å². The molecule has 100 valence electrons. The maximum atomic E-state index is 10.9. The van der Waals surface area contributed by atoms with Gasteiger partial charge >= 0.3 is 6.01 Å². The number of nitrogens with one attached hydrogen (secondary N) is 1. The number of benzene rings is 1. The molecule has 0 aliphatic carbocycles. The Balaban J connectivity index is 2.25. The molecule has 0 unspecified atom stereocenters. The van der Waals surface area contributed by atoms with Gasteiger partial charge in [0.05, 0.1) is 4.92 Å². The van der Waals surface area contributed by atoms with Crippen LogP contribution in [0.5, 0.6) is 0 Å². The Hall–Kier alpha value is -2.44. The van der Waals surface area contributed by atoms with Gasteiger partial charge < -0.3 is 9.84 Å². The predicted octanol–water partition coefficient (Wildman–Crippen LogP) is 2.71. The van der Waals surface area contributed by atoms with Crippen LogP contribution in [0.3, 0.4) is 0 Å². The summed E-state index contributed by atoms with van der Waals surface area (Å²) in [6.07, 6.45) is 0. The van der Waals surface area contributed by atoms with Crippen LogP contribution in [0.2, 0.25) is 0 Å². The van der Waals surface area contributed by atoms with Crippen LogP contribution >= 0.6 is 0 Å². The minimum atomic E-state index is -0.465. The third-order valence-electron chi connectivity index (χ3n) is 2.43. The van der Waals surface area contributed by atoms with E-state index in [-0.39, 0.29) is 17.5 Å². The van der Waals surface area contributed by atoms with E-state index in [2.05, 4.69) is 15.5 Å². The van der Waals surface area contributed by atoms with E-state index < -0.39 is 4.92 Å². The van der Waals surface area contributed by atoms with Gasteiger partial charge in [0.1, 0.15) is 5.56 Å². The molecule has 0 fully saturated rings. The normalized spacial score (nSPS) is 10.7. The van der Waals surface area contributed by atoms with Crippen molar-refractivity contribution in [2.24, 2.45) is 5.92 Å². The second-order valence-electron chi connectivity index (χ2n) is 4.47. The smallest absolute Gasteiger partial charge is 0.321 e. The van der Waals surface area contributed by atoms with Crippen LogP contribution in [-0.4, -0.2) is 21.6 Å². The van der Waals surface area contributed by atoms with Crippen molar-refractivity contribution in [3.05, 3.63) is 34.4 Å². The summed E-state index contributed by atoms with van der Waals surface area (Å²) in [5.74, 6) is 0.639.